The van der Waals surface area contributed by atoms with Crippen LogP contribution in [0.1, 0.15) is 0 Å². The number of fused-ring (bicyclic) bond motifs is 11. The van der Waals surface area contributed by atoms with E-state index in [1.807, 2.05) is 18.5 Å². The molecule has 3 aromatic heterocycles. The summed E-state index contributed by atoms with van der Waals surface area (Å²) in [7, 11) is 0. The van der Waals surface area contributed by atoms with Gasteiger partial charge in [0.05, 0.1) is 22.2 Å². The van der Waals surface area contributed by atoms with Crippen molar-refractivity contribution in [2.24, 2.45) is 0 Å². The largest absolute Gasteiger partial charge is 0.254 e. The number of nitrogens with zero attached hydrogens (tertiary/aromatic N) is 3. The van der Waals surface area contributed by atoms with E-state index in [9.17, 15) is 0 Å². The summed E-state index contributed by atoms with van der Waals surface area (Å²) in [6.45, 7) is 0. The van der Waals surface area contributed by atoms with Gasteiger partial charge in [0, 0.05) is 44.9 Å². The van der Waals surface area contributed by atoms with Crippen molar-refractivity contribution >= 4 is 75.8 Å². The van der Waals surface area contributed by atoms with Gasteiger partial charge in [0.2, 0.25) is 0 Å². The molecule has 3 heteroatoms. The summed E-state index contributed by atoms with van der Waals surface area (Å²) < 4.78 is 0. The summed E-state index contributed by atoms with van der Waals surface area (Å²) in [5, 5.41) is 13.2. The Morgan fingerprint density at radius 1 is 0.327 bits per heavy atom. The Morgan fingerprint density at radius 3 is 2.00 bits per heavy atom. The van der Waals surface area contributed by atoms with Gasteiger partial charge in [0.1, 0.15) is 0 Å². The van der Waals surface area contributed by atoms with E-state index in [1.165, 1.54) is 65.2 Å². The molecular weight excluding hydrogens is 631 g/mol. The number of hydrogen-bond donors (Lipinski definition) is 0. The van der Waals surface area contributed by atoms with Crippen LogP contribution in [0, 0.1) is 0 Å². The molecule has 8 aromatic carbocycles. The van der Waals surface area contributed by atoms with Crippen LogP contribution in [-0.2, 0) is 0 Å². The zero-order valence-corrected chi connectivity index (χ0v) is 28.1. The Kier molecular flexibility index (Phi) is 6.25. The highest BCUT2D eigenvalue weighted by Crippen LogP contribution is 2.39. The van der Waals surface area contributed by atoms with E-state index in [-0.39, 0.29) is 0 Å². The van der Waals surface area contributed by atoms with Crippen LogP contribution in [0.15, 0.2) is 176 Å². The third-order valence-corrected chi connectivity index (χ3v) is 10.7. The SMILES string of the molecule is c1cc(-c2ccc3ccc4cc(-c5ccnc6c5ccc5cccnc56)ccc4c3c2)cc(-c2nc3ccccc3c3c2ccc2ccccc23)c1. The lowest BCUT2D eigenvalue weighted by Gasteiger charge is -2.14. The van der Waals surface area contributed by atoms with Gasteiger partial charge in [-0.25, -0.2) is 4.98 Å². The summed E-state index contributed by atoms with van der Waals surface area (Å²) >= 11 is 0. The fraction of sp³-hybridized carbons (Fsp3) is 0. The van der Waals surface area contributed by atoms with Gasteiger partial charge in [-0.15, -0.1) is 0 Å². The van der Waals surface area contributed by atoms with E-state index in [0.29, 0.717) is 0 Å². The van der Waals surface area contributed by atoms with Gasteiger partial charge in [0.25, 0.3) is 0 Å². The first kappa shape index (κ1) is 28.8. The van der Waals surface area contributed by atoms with E-state index in [4.69, 9.17) is 9.97 Å². The average molecular weight is 660 g/mol. The average Bonchev–Trinajstić information content (AvgIpc) is 3.22. The van der Waals surface area contributed by atoms with Gasteiger partial charge < -0.3 is 0 Å². The molecule has 0 aliphatic heterocycles. The van der Waals surface area contributed by atoms with Crippen LogP contribution in [0.4, 0.5) is 0 Å². The summed E-state index contributed by atoms with van der Waals surface area (Å²) in [4.78, 5) is 14.7. The molecule has 0 N–H and O–H groups in total. The lowest BCUT2D eigenvalue weighted by molar-refractivity contribution is 1.37. The summed E-state index contributed by atoms with van der Waals surface area (Å²) in [5.41, 5.74) is 9.67. The molecule has 0 saturated carbocycles. The van der Waals surface area contributed by atoms with Crippen molar-refractivity contribution in [1.82, 2.24) is 15.0 Å². The number of aromatic nitrogens is 3. The van der Waals surface area contributed by atoms with Gasteiger partial charge in [0.15, 0.2) is 0 Å². The molecule has 0 atom stereocenters. The van der Waals surface area contributed by atoms with Crippen LogP contribution >= 0.6 is 0 Å². The highest BCUT2D eigenvalue weighted by Gasteiger charge is 2.15. The predicted molar refractivity (Wildman–Crippen MR) is 219 cm³/mol. The molecule has 3 nitrogen and oxygen atoms in total. The fourth-order valence-corrected chi connectivity index (χ4v) is 8.20. The van der Waals surface area contributed by atoms with E-state index >= 15 is 0 Å². The molecule has 240 valence electrons. The smallest absolute Gasteiger partial charge is 0.0970 e. The van der Waals surface area contributed by atoms with Crippen molar-refractivity contribution in [3.63, 3.8) is 0 Å². The second-order valence-electron chi connectivity index (χ2n) is 13.6. The zero-order valence-electron chi connectivity index (χ0n) is 28.1. The molecule has 3 heterocycles. The minimum atomic E-state index is 0.932. The van der Waals surface area contributed by atoms with Crippen molar-refractivity contribution in [2.45, 2.75) is 0 Å². The van der Waals surface area contributed by atoms with Gasteiger partial charge >= 0.3 is 0 Å². The third-order valence-electron chi connectivity index (χ3n) is 10.7. The molecule has 11 rings (SSSR count). The summed E-state index contributed by atoms with van der Waals surface area (Å²) in [5.74, 6) is 0. The van der Waals surface area contributed by atoms with Crippen LogP contribution in [0.3, 0.4) is 0 Å². The topological polar surface area (TPSA) is 38.7 Å². The van der Waals surface area contributed by atoms with Crippen LogP contribution in [0.25, 0.3) is 109 Å². The Morgan fingerprint density at radius 2 is 1.02 bits per heavy atom. The fourth-order valence-electron chi connectivity index (χ4n) is 8.20. The molecule has 0 bridgehead atoms. The first-order valence-corrected chi connectivity index (χ1v) is 17.7. The first-order valence-electron chi connectivity index (χ1n) is 17.7. The Labute approximate surface area is 299 Å². The molecule has 0 amide bonds. The summed E-state index contributed by atoms with van der Waals surface area (Å²) in [6.07, 6.45) is 3.74. The number of pyridine rings is 3. The van der Waals surface area contributed by atoms with Crippen LogP contribution in [0.5, 0.6) is 0 Å². The van der Waals surface area contributed by atoms with Crippen molar-refractivity contribution in [1.29, 1.82) is 0 Å². The minimum absolute atomic E-state index is 0.932. The van der Waals surface area contributed by atoms with Gasteiger partial charge in [-0.1, -0.05) is 127 Å². The van der Waals surface area contributed by atoms with Crippen molar-refractivity contribution in [3.8, 4) is 33.5 Å². The third kappa shape index (κ3) is 4.43. The van der Waals surface area contributed by atoms with E-state index in [2.05, 4.69) is 163 Å². The highest BCUT2D eigenvalue weighted by atomic mass is 14.7. The number of hydrogen-bond acceptors (Lipinski definition) is 3. The lowest BCUT2D eigenvalue weighted by Crippen LogP contribution is -1.91. The molecule has 0 radical (unpaired) electrons. The maximum Gasteiger partial charge on any atom is 0.0970 e. The van der Waals surface area contributed by atoms with E-state index < -0.39 is 0 Å². The molecule has 0 saturated heterocycles. The normalized spacial score (nSPS) is 11.8. The van der Waals surface area contributed by atoms with Crippen molar-refractivity contribution < 1.29 is 0 Å². The van der Waals surface area contributed by atoms with Crippen LogP contribution < -0.4 is 0 Å². The standard InChI is InChI=1S/C49H29N3/c1-2-11-40-30(7-1)18-23-43-46(40)42-12-3-4-13-45(42)52-47(43)37-9-5-8-33(27-37)34-16-14-31-15-17-35-28-36(20-21-38(35)44(31)29-34)39-24-26-51-49-41(39)22-19-32-10-6-25-50-48(32)49/h1-29H. The van der Waals surface area contributed by atoms with Gasteiger partial charge in [-0.2, -0.15) is 0 Å². The Hall–Kier alpha value is -6.97. The second kappa shape index (κ2) is 11.3. The maximum absolute atomic E-state index is 5.27. The van der Waals surface area contributed by atoms with Crippen LogP contribution in [0.2, 0.25) is 0 Å². The molecule has 0 aliphatic carbocycles. The van der Waals surface area contributed by atoms with Gasteiger partial charge in [-0.05, 0) is 91.0 Å². The lowest BCUT2D eigenvalue weighted by atomic mass is 9.92. The predicted octanol–water partition coefficient (Wildman–Crippen LogP) is 12.9. The van der Waals surface area contributed by atoms with Crippen molar-refractivity contribution in [2.75, 3.05) is 0 Å². The zero-order chi connectivity index (χ0) is 34.2. The summed E-state index contributed by atoms with van der Waals surface area (Å²) in [6, 6.07) is 59.1. The molecule has 0 fully saturated rings. The highest BCUT2D eigenvalue weighted by molar-refractivity contribution is 6.22. The Bertz CT molecular complexity index is 3240. The molecule has 11 aromatic rings. The van der Waals surface area contributed by atoms with Crippen molar-refractivity contribution in [3.05, 3.63) is 176 Å². The Balaban J connectivity index is 1.04. The second-order valence-corrected chi connectivity index (χ2v) is 13.6. The molecule has 52 heavy (non-hydrogen) atoms. The number of para-hydroxylation sites is 1. The number of rotatable bonds is 3. The van der Waals surface area contributed by atoms with Crippen LogP contribution in [-0.4, -0.2) is 15.0 Å². The monoisotopic (exact) mass is 659 g/mol. The van der Waals surface area contributed by atoms with E-state index in [1.54, 1.807) is 0 Å². The first-order chi connectivity index (χ1) is 25.8. The minimum Gasteiger partial charge on any atom is -0.254 e. The molecular formula is C49H29N3. The van der Waals surface area contributed by atoms with Gasteiger partial charge in [-0.3, -0.25) is 9.97 Å². The molecule has 0 aliphatic rings. The number of benzene rings is 8. The molecule has 0 spiro atoms. The maximum atomic E-state index is 5.27. The van der Waals surface area contributed by atoms with E-state index in [0.717, 1.165) is 44.1 Å². The quantitative estimate of drug-likeness (QED) is 0.177. The molecule has 0 unspecified atom stereocenters.